The highest BCUT2D eigenvalue weighted by atomic mass is 16.1. The molecule has 112 valence electrons. The van der Waals surface area contributed by atoms with Crippen molar-refractivity contribution in [3.63, 3.8) is 0 Å². The van der Waals surface area contributed by atoms with Crippen LogP contribution in [0.2, 0.25) is 0 Å². The summed E-state index contributed by atoms with van der Waals surface area (Å²) in [6, 6.07) is 10.5. The average Bonchev–Trinajstić information content (AvgIpc) is 2.49. The number of rotatable bonds is 5. The van der Waals surface area contributed by atoms with E-state index in [0.29, 0.717) is 18.2 Å². The SMILES string of the molecule is CC(NC1CCN(CC(N)=O)CC1)c1cccc(C#N)c1. The molecule has 0 radical (unpaired) electrons. The van der Waals surface area contributed by atoms with Crippen LogP contribution in [0.15, 0.2) is 24.3 Å². The summed E-state index contributed by atoms with van der Waals surface area (Å²) in [7, 11) is 0. The van der Waals surface area contributed by atoms with E-state index in [-0.39, 0.29) is 11.9 Å². The van der Waals surface area contributed by atoms with Crippen LogP contribution in [0.5, 0.6) is 0 Å². The maximum atomic E-state index is 10.9. The van der Waals surface area contributed by atoms with Crippen LogP contribution in [0.3, 0.4) is 0 Å². The third kappa shape index (κ3) is 4.55. The molecule has 5 heteroatoms. The minimum atomic E-state index is -0.261. The van der Waals surface area contributed by atoms with Crippen molar-refractivity contribution in [2.24, 2.45) is 5.73 Å². The molecule has 0 saturated carbocycles. The van der Waals surface area contributed by atoms with Crippen molar-refractivity contribution >= 4 is 5.91 Å². The quantitative estimate of drug-likeness (QED) is 0.851. The molecule has 1 unspecified atom stereocenters. The number of nitrogens with one attached hydrogen (secondary N) is 1. The summed E-state index contributed by atoms with van der Waals surface area (Å²) in [6.45, 7) is 4.26. The molecule has 1 amide bonds. The first kappa shape index (κ1) is 15.5. The van der Waals surface area contributed by atoms with Gasteiger partial charge in [-0.05, 0) is 37.5 Å². The number of primary amides is 1. The van der Waals surface area contributed by atoms with E-state index in [4.69, 9.17) is 11.0 Å². The van der Waals surface area contributed by atoms with Crippen molar-refractivity contribution < 1.29 is 4.79 Å². The summed E-state index contributed by atoms with van der Waals surface area (Å²) in [5, 5.41) is 12.6. The molecule has 2 rings (SSSR count). The number of likely N-dealkylation sites (tertiary alicyclic amines) is 1. The number of carbonyl (C=O) groups is 1. The first-order valence-corrected chi connectivity index (χ1v) is 7.35. The Balaban J connectivity index is 1.85. The van der Waals surface area contributed by atoms with Gasteiger partial charge in [-0.15, -0.1) is 0 Å². The van der Waals surface area contributed by atoms with Gasteiger partial charge in [0.1, 0.15) is 0 Å². The summed E-state index contributed by atoms with van der Waals surface area (Å²) >= 11 is 0. The smallest absolute Gasteiger partial charge is 0.231 e. The lowest BCUT2D eigenvalue weighted by Crippen LogP contribution is -2.45. The molecular weight excluding hydrogens is 264 g/mol. The molecule has 5 nitrogen and oxygen atoms in total. The zero-order valence-corrected chi connectivity index (χ0v) is 12.4. The lowest BCUT2D eigenvalue weighted by atomic mass is 10.0. The average molecular weight is 286 g/mol. The Morgan fingerprint density at radius 2 is 2.24 bits per heavy atom. The van der Waals surface area contributed by atoms with Gasteiger partial charge in [-0.1, -0.05) is 12.1 Å². The van der Waals surface area contributed by atoms with Crippen molar-refractivity contribution in [1.82, 2.24) is 10.2 Å². The van der Waals surface area contributed by atoms with E-state index in [9.17, 15) is 4.79 Å². The van der Waals surface area contributed by atoms with Gasteiger partial charge < -0.3 is 11.1 Å². The highest BCUT2D eigenvalue weighted by molar-refractivity contribution is 5.75. The maximum absolute atomic E-state index is 10.9. The molecule has 1 aromatic rings. The van der Waals surface area contributed by atoms with Gasteiger partial charge in [-0.2, -0.15) is 5.26 Å². The lowest BCUT2D eigenvalue weighted by molar-refractivity contribution is -0.119. The molecule has 1 fully saturated rings. The first-order valence-electron chi connectivity index (χ1n) is 7.35. The highest BCUT2D eigenvalue weighted by Crippen LogP contribution is 2.18. The van der Waals surface area contributed by atoms with Gasteiger partial charge in [-0.25, -0.2) is 0 Å². The van der Waals surface area contributed by atoms with Gasteiger partial charge in [0.25, 0.3) is 0 Å². The lowest BCUT2D eigenvalue weighted by Gasteiger charge is -2.33. The number of nitrogens with zero attached hydrogens (tertiary/aromatic N) is 2. The Kier molecular flexibility index (Phi) is 5.32. The van der Waals surface area contributed by atoms with Crippen LogP contribution in [0, 0.1) is 11.3 Å². The van der Waals surface area contributed by atoms with Crippen LogP contribution in [-0.4, -0.2) is 36.5 Å². The fourth-order valence-corrected chi connectivity index (χ4v) is 2.81. The number of hydrogen-bond acceptors (Lipinski definition) is 4. The van der Waals surface area contributed by atoms with E-state index in [2.05, 4.69) is 23.2 Å². The number of hydrogen-bond donors (Lipinski definition) is 2. The minimum absolute atomic E-state index is 0.214. The zero-order valence-electron chi connectivity index (χ0n) is 12.4. The molecule has 0 spiro atoms. The predicted molar refractivity (Wildman–Crippen MR) is 81.4 cm³/mol. The van der Waals surface area contributed by atoms with Crippen molar-refractivity contribution in [1.29, 1.82) is 5.26 Å². The van der Waals surface area contributed by atoms with Gasteiger partial charge in [-0.3, -0.25) is 9.69 Å². The Morgan fingerprint density at radius 3 is 2.86 bits per heavy atom. The van der Waals surface area contributed by atoms with Crippen molar-refractivity contribution in [3.8, 4) is 6.07 Å². The van der Waals surface area contributed by atoms with E-state index in [1.165, 1.54) is 0 Å². The third-order valence-electron chi connectivity index (χ3n) is 3.97. The number of nitrogens with two attached hydrogens (primary N) is 1. The second kappa shape index (κ2) is 7.21. The van der Waals surface area contributed by atoms with Crippen LogP contribution in [0.25, 0.3) is 0 Å². The van der Waals surface area contributed by atoms with Gasteiger partial charge >= 0.3 is 0 Å². The summed E-state index contributed by atoms with van der Waals surface area (Å²) in [4.78, 5) is 13.0. The van der Waals surface area contributed by atoms with Crippen molar-refractivity contribution in [2.75, 3.05) is 19.6 Å². The number of nitriles is 1. The van der Waals surface area contributed by atoms with Crippen LogP contribution in [0.4, 0.5) is 0 Å². The Labute approximate surface area is 125 Å². The van der Waals surface area contributed by atoms with Gasteiger partial charge in [0.15, 0.2) is 0 Å². The molecule has 1 aliphatic heterocycles. The largest absolute Gasteiger partial charge is 0.369 e. The van der Waals surface area contributed by atoms with E-state index >= 15 is 0 Å². The van der Waals surface area contributed by atoms with Crippen LogP contribution in [-0.2, 0) is 4.79 Å². The van der Waals surface area contributed by atoms with Gasteiger partial charge in [0, 0.05) is 25.2 Å². The number of amides is 1. The fourth-order valence-electron chi connectivity index (χ4n) is 2.81. The molecule has 0 aliphatic carbocycles. The van der Waals surface area contributed by atoms with Crippen molar-refractivity contribution in [3.05, 3.63) is 35.4 Å². The molecule has 0 bridgehead atoms. The Morgan fingerprint density at radius 1 is 1.52 bits per heavy atom. The standard InChI is InChI=1S/C16H22N4O/c1-12(14-4-2-3-13(9-14)10-17)19-15-5-7-20(8-6-15)11-16(18)21/h2-4,9,12,15,19H,5-8,11H2,1H3,(H2,18,21). The van der Waals surface area contributed by atoms with Crippen molar-refractivity contribution in [2.45, 2.75) is 31.8 Å². The fraction of sp³-hybridized carbons (Fsp3) is 0.500. The monoisotopic (exact) mass is 286 g/mol. The summed E-state index contributed by atoms with van der Waals surface area (Å²) in [6.07, 6.45) is 2.02. The Hall–Kier alpha value is -1.90. The van der Waals surface area contributed by atoms with E-state index in [1.54, 1.807) is 0 Å². The third-order valence-corrected chi connectivity index (χ3v) is 3.97. The van der Waals surface area contributed by atoms with E-state index in [1.807, 2.05) is 24.3 Å². The second-order valence-corrected chi connectivity index (χ2v) is 5.64. The topological polar surface area (TPSA) is 82.2 Å². The highest BCUT2D eigenvalue weighted by Gasteiger charge is 2.21. The summed E-state index contributed by atoms with van der Waals surface area (Å²) < 4.78 is 0. The number of benzene rings is 1. The second-order valence-electron chi connectivity index (χ2n) is 5.64. The molecule has 1 saturated heterocycles. The molecular formula is C16H22N4O. The summed E-state index contributed by atoms with van der Waals surface area (Å²) in [5.41, 5.74) is 7.04. The molecule has 1 heterocycles. The Bertz CT molecular complexity index is 529. The van der Waals surface area contributed by atoms with E-state index in [0.717, 1.165) is 31.5 Å². The number of piperidine rings is 1. The first-order chi connectivity index (χ1) is 10.1. The molecule has 0 aromatic heterocycles. The van der Waals surface area contributed by atoms with Crippen LogP contribution in [0.1, 0.15) is 36.9 Å². The van der Waals surface area contributed by atoms with Crippen LogP contribution < -0.4 is 11.1 Å². The minimum Gasteiger partial charge on any atom is -0.369 e. The van der Waals surface area contributed by atoms with Gasteiger partial charge in [0.2, 0.25) is 5.91 Å². The van der Waals surface area contributed by atoms with Crippen LogP contribution >= 0.6 is 0 Å². The molecule has 1 aromatic carbocycles. The predicted octanol–water partition coefficient (Wildman–Crippen LogP) is 1.16. The summed E-state index contributed by atoms with van der Waals surface area (Å²) in [5.74, 6) is -0.261. The molecule has 21 heavy (non-hydrogen) atoms. The molecule has 1 aliphatic rings. The molecule has 3 N–H and O–H groups in total. The van der Waals surface area contributed by atoms with Gasteiger partial charge in [0.05, 0.1) is 18.2 Å². The number of carbonyl (C=O) groups excluding carboxylic acids is 1. The van der Waals surface area contributed by atoms with E-state index < -0.39 is 0 Å². The normalized spacial score (nSPS) is 18.1. The maximum Gasteiger partial charge on any atom is 0.231 e. The zero-order chi connectivity index (χ0) is 15.2. The molecule has 1 atom stereocenters.